The number of likely N-dealkylation sites (tertiary alicyclic amines) is 1. The second kappa shape index (κ2) is 5.72. The molecule has 2 aromatic rings. The first kappa shape index (κ1) is 15.9. The molecule has 4 rings (SSSR count). The molecule has 1 atom stereocenters. The summed E-state index contributed by atoms with van der Waals surface area (Å²) in [7, 11) is 0. The third-order valence-electron chi connectivity index (χ3n) is 5.54. The van der Waals surface area contributed by atoms with Crippen molar-refractivity contribution in [2.45, 2.75) is 32.2 Å². The number of hydrogen-bond acceptors (Lipinski definition) is 3. The van der Waals surface area contributed by atoms with Crippen molar-refractivity contribution in [3.63, 3.8) is 0 Å². The summed E-state index contributed by atoms with van der Waals surface area (Å²) < 4.78 is 2.05. The molecule has 25 heavy (non-hydrogen) atoms. The van der Waals surface area contributed by atoms with E-state index in [4.69, 9.17) is 5.73 Å². The second-order valence-electron chi connectivity index (χ2n) is 7.11. The van der Waals surface area contributed by atoms with E-state index < -0.39 is 0 Å². The van der Waals surface area contributed by atoms with Gasteiger partial charge in [-0.2, -0.15) is 0 Å². The number of benzene rings is 1. The lowest BCUT2D eigenvalue weighted by atomic mass is 9.96. The topological polar surface area (TPSA) is 85.4 Å². The van der Waals surface area contributed by atoms with Gasteiger partial charge in [-0.05, 0) is 37.8 Å². The summed E-state index contributed by atoms with van der Waals surface area (Å²) in [5.41, 5.74) is 7.47. The Labute approximate surface area is 145 Å². The summed E-state index contributed by atoms with van der Waals surface area (Å²) in [4.78, 5) is 38.8. The third kappa shape index (κ3) is 2.44. The molecule has 1 aromatic heterocycles. The first-order chi connectivity index (χ1) is 12.0. The van der Waals surface area contributed by atoms with E-state index in [1.807, 2.05) is 12.1 Å². The van der Waals surface area contributed by atoms with Gasteiger partial charge in [0.1, 0.15) is 5.56 Å². The molecule has 3 heterocycles. The fourth-order valence-corrected chi connectivity index (χ4v) is 4.11. The first-order valence-corrected chi connectivity index (χ1v) is 8.72. The van der Waals surface area contributed by atoms with Crippen LogP contribution >= 0.6 is 0 Å². The first-order valence-electron chi connectivity index (χ1n) is 8.72. The molecule has 1 saturated heterocycles. The molecule has 1 fully saturated rings. The number of carbonyl (C=O) groups is 2. The van der Waals surface area contributed by atoms with Crippen molar-refractivity contribution < 1.29 is 9.59 Å². The van der Waals surface area contributed by atoms with Crippen molar-refractivity contribution in [3.8, 4) is 0 Å². The minimum Gasteiger partial charge on any atom is -0.369 e. The molecule has 1 aromatic carbocycles. The molecule has 0 unspecified atom stereocenters. The zero-order valence-corrected chi connectivity index (χ0v) is 14.2. The van der Waals surface area contributed by atoms with Gasteiger partial charge in [0.2, 0.25) is 11.3 Å². The summed E-state index contributed by atoms with van der Waals surface area (Å²) in [5.74, 6) is -0.738. The molecule has 130 valence electrons. The molecule has 0 spiro atoms. The summed E-state index contributed by atoms with van der Waals surface area (Å²) >= 11 is 0. The number of pyridine rings is 1. The van der Waals surface area contributed by atoms with E-state index in [0.29, 0.717) is 31.3 Å². The smallest absolute Gasteiger partial charge is 0.259 e. The Bertz CT molecular complexity index is 939. The van der Waals surface area contributed by atoms with Crippen molar-refractivity contribution in [1.29, 1.82) is 0 Å². The lowest BCUT2D eigenvalue weighted by molar-refractivity contribution is -0.123. The SMILES string of the molecule is C[C@H]1Cc2cccc3c(=O)c(C(=O)N4CCC(C(N)=O)CC4)cn1c23. The van der Waals surface area contributed by atoms with Gasteiger partial charge in [-0.15, -0.1) is 0 Å². The van der Waals surface area contributed by atoms with Crippen LogP contribution in [0.15, 0.2) is 29.2 Å². The average molecular weight is 339 g/mol. The summed E-state index contributed by atoms with van der Waals surface area (Å²) in [6.07, 6.45) is 3.71. The van der Waals surface area contributed by atoms with Gasteiger partial charge in [0.15, 0.2) is 0 Å². The molecule has 0 aliphatic carbocycles. The standard InChI is InChI=1S/C19H21N3O3/c1-11-9-13-3-2-4-14-16(13)22(11)10-15(17(14)23)19(25)21-7-5-12(6-8-21)18(20)24/h2-4,10-12H,5-9H2,1H3,(H2,20,24)/t11-/m0/s1. The van der Waals surface area contributed by atoms with Crippen molar-refractivity contribution in [1.82, 2.24) is 9.47 Å². The Hall–Kier alpha value is -2.63. The number of carbonyl (C=O) groups excluding carboxylic acids is 2. The van der Waals surface area contributed by atoms with Crippen molar-refractivity contribution in [2.75, 3.05) is 13.1 Å². The van der Waals surface area contributed by atoms with Crippen molar-refractivity contribution in [2.24, 2.45) is 11.7 Å². The van der Waals surface area contributed by atoms with E-state index in [9.17, 15) is 14.4 Å². The maximum atomic E-state index is 12.9. The number of primary amides is 1. The number of piperidine rings is 1. The van der Waals surface area contributed by atoms with E-state index in [2.05, 4.69) is 11.5 Å². The van der Waals surface area contributed by atoms with Gasteiger partial charge < -0.3 is 15.2 Å². The molecule has 2 amide bonds. The van der Waals surface area contributed by atoms with Gasteiger partial charge in [0, 0.05) is 36.6 Å². The fourth-order valence-electron chi connectivity index (χ4n) is 4.11. The number of hydrogen-bond donors (Lipinski definition) is 1. The maximum Gasteiger partial charge on any atom is 0.259 e. The zero-order valence-electron chi connectivity index (χ0n) is 14.2. The summed E-state index contributed by atoms with van der Waals surface area (Å²) in [6, 6.07) is 5.95. The van der Waals surface area contributed by atoms with Crippen LogP contribution < -0.4 is 11.2 Å². The second-order valence-corrected chi connectivity index (χ2v) is 7.11. The number of aromatic nitrogens is 1. The summed E-state index contributed by atoms with van der Waals surface area (Å²) in [6.45, 7) is 3.01. The maximum absolute atomic E-state index is 12.9. The van der Waals surface area contributed by atoms with Crippen LogP contribution in [0.1, 0.15) is 41.7 Å². The largest absolute Gasteiger partial charge is 0.369 e. The molecule has 2 aliphatic rings. The Kier molecular flexibility index (Phi) is 3.63. The van der Waals surface area contributed by atoms with Crippen LogP contribution in [0.2, 0.25) is 0 Å². The molecular formula is C19H21N3O3. The van der Waals surface area contributed by atoms with E-state index in [1.165, 1.54) is 0 Å². The molecule has 2 aliphatic heterocycles. The van der Waals surface area contributed by atoms with Crippen LogP contribution in [-0.4, -0.2) is 34.4 Å². The lowest BCUT2D eigenvalue weighted by Gasteiger charge is -2.30. The van der Waals surface area contributed by atoms with Crippen LogP contribution in [0, 0.1) is 5.92 Å². The Morgan fingerprint density at radius 2 is 1.92 bits per heavy atom. The molecular weight excluding hydrogens is 318 g/mol. The molecule has 6 heteroatoms. The van der Waals surface area contributed by atoms with Crippen LogP contribution in [0.4, 0.5) is 0 Å². The molecule has 2 N–H and O–H groups in total. The number of rotatable bonds is 2. The number of nitrogens with zero attached hydrogens (tertiary/aromatic N) is 2. The third-order valence-corrected chi connectivity index (χ3v) is 5.54. The van der Waals surface area contributed by atoms with Crippen LogP contribution in [0.3, 0.4) is 0 Å². The quantitative estimate of drug-likeness (QED) is 0.899. The number of nitrogens with two attached hydrogens (primary N) is 1. The van der Waals surface area contributed by atoms with Crippen molar-refractivity contribution >= 4 is 22.7 Å². The number of amides is 2. The average Bonchev–Trinajstić information content (AvgIpc) is 2.94. The van der Waals surface area contributed by atoms with E-state index >= 15 is 0 Å². The molecule has 0 radical (unpaired) electrons. The summed E-state index contributed by atoms with van der Waals surface area (Å²) in [5, 5.41) is 0.611. The van der Waals surface area contributed by atoms with Crippen LogP contribution in [0.25, 0.3) is 10.9 Å². The minimum atomic E-state index is -0.313. The zero-order chi connectivity index (χ0) is 17.7. The molecule has 6 nitrogen and oxygen atoms in total. The van der Waals surface area contributed by atoms with Gasteiger partial charge in [-0.3, -0.25) is 14.4 Å². The van der Waals surface area contributed by atoms with Crippen LogP contribution in [-0.2, 0) is 11.2 Å². The van der Waals surface area contributed by atoms with Crippen molar-refractivity contribution in [3.05, 3.63) is 45.7 Å². The Morgan fingerprint density at radius 1 is 1.20 bits per heavy atom. The highest BCUT2D eigenvalue weighted by molar-refractivity contribution is 5.98. The molecule has 0 bridgehead atoms. The highest BCUT2D eigenvalue weighted by atomic mass is 16.2. The van der Waals surface area contributed by atoms with E-state index in [0.717, 1.165) is 17.5 Å². The van der Waals surface area contributed by atoms with Gasteiger partial charge in [-0.1, -0.05) is 12.1 Å². The van der Waals surface area contributed by atoms with Gasteiger partial charge >= 0.3 is 0 Å². The minimum absolute atomic E-state index is 0.179. The lowest BCUT2D eigenvalue weighted by Crippen LogP contribution is -2.43. The van der Waals surface area contributed by atoms with Gasteiger partial charge in [0.25, 0.3) is 5.91 Å². The Morgan fingerprint density at radius 3 is 2.60 bits per heavy atom. The van der Waals surface area contributed by atoms with Gasteiger partial charge in [0.05, 0.1) is 5.52 Å². The highest BCUT2D eigenvalue weighted by Gasteiger charge is 2.30. The molecule has 0 saturated carbocycles. The Balaban J connectivity index is 1.72. The van der Waals surface area contributed by atoms with E-state index in [-0.39, 0.29) is 34.8 Å². The predicted octanol–water partition coefficient (Wildman–Crippen LogP) is 1.46. The monoisotopic (exact) mass is 339 g/mol. The van der Waals surface area contributed by atoms with Crippen LogP contribution in [0.5, 0.6) is 0 Å². The number of para-hydroxylation sites is 1. The van der Waals surface area contributed by atoms with E-state index in [1.54, 1.807) is 17.2 Å². The fraction of sp³-hybridized carbons (Fsp3) is 0.421. The highest BCUT2D eigenvalue weighted by Crippen LogP contribution is 2.31. The normalized spacial score (nSPS) is 20.2. The predicted molar refractivity (Wildman–Crippen MR) is 94.4 cm³/mol. The van der Waals surface area contributed by atoms with Gasteiger partial charge in [-0.25, -0.2) is 0 Å².